The van der Waals surface area contributed by atoms with Crippen LogP contribution in [0.4, 0.5) is 0 Å². The minimum Gasteiger partial charge on any atom is -0.464 e. The maximum absolute atomic E-state index is 10.5. The van der Waals surface area contributed by atoms with Gasteiger partial charge in [-0.3, -0.25) is 0 Å². The molecule has 3 nitrogen and oxygen atoms in total. The molecule has 1 N–H and O–H groups in total. The Morgan fingerprint density at radius 3 is 2.67 bits per heavy atom. The van der Waals surface area contributed by atoms with Gasteiger partial charge in [-0.05, 0) is 57.2 Å². The molecule has 2 unspecified atom stereocenters. The number of hydrogen-bond acceptors (Lipinski definition) is 2. The van der Waals surface area contributed by atoms with Gasteiger partial charge in [0.15, 0.2) is 0 Å². The highest BCUT2D eigenvalue weighted by Crippen LogP contribution is 2.43. The van der Waals surface area contributed by atoms with Crippen LogP contribution in [0.3, 0.4) is 0 Å². The molecule has 2 aromatic rings. The van der Waals surface area contributed by atoms with Crippen molar-refractivity contribution in [3.63, 3.8) is 0 Å². The molecule has 2 heterocycles. The van der Waals surface area contributed by atoms with E-state index in [1.54, 1.807) is 0 Å². The summed E-state index contributed by atoms with van der Waals surface area (Å²) < 4.78 is 8.14. The fraction of sp³-hybridized carbons (Fsp3) is 0.556. The standard InChI is InChI=1S/C18H25NO2/c1-11-8-14-15(9-18(4,5)10-16(14)20)19(11)13(3)17-7-6-12(2)21-17/h6-8,13,16,20H,9-10H2,1-5H3. The summed E-state index contributed by atoms with van der Waals surface area (Å²) in [4.78, 5) is 0. The van der Waals surface area contributed by atoms with Gasteiger partial charge in [0.1, 0.15) is 11.5 Å². The Bertz CT molecular complexity index is 663. The molecule has 0 radical (unpaired) electrons. The fourth-order valence-corrected chi connectivity index (χ4v) is 3.71. The maximum Gasteiger partial charge on any atom is 0.126 e. The van der Waals surface area contributed by atoms with E-state index in [-0.39, 0.29) is 17.6 Å². The minimum atomic E-state index is -0.353. The van der Waals surface area contributed by atoms with E-state index in [2.05, 4.69) is 44.4 Å². The molecule has 0 aliphatic heterocycles. The largest absolute Gasteiger partial charge is 0.464 e. The molecule has 21 heavy (non-hydrogen) atoms. The van der Waals surface area contributed by atoms with Crippen LogP contribution in [0.5, 0.6) is 0 Å². The predicted molar refractivity (Wildman–Crippen MR) is 83.5 cm³/mol. The van der Waals surface area contributed by atoms with Crippen molar-refractivity contribution in [2.75, 3.05) is 0 Å². The first-order valence-electron chi connectivity index (χ1n) is 7.73. The van der Waals surface area contributed by atoms with E-state index in [1.807, 2.05) is 13.0 Å². The van der Waals surface area contributed by atoms with Crippen LogP contribution >= 0.6 is 0 Å². The van der Waals surface area contributed by atoms with Gasteiger partial charge in [0, 0.05) is 17.0 Å². The van der Waals surface area contributed by atoms with Gasteiger partial charge in [-0.1, -0.05) is 13.8 Å². The number of aryl methyl sites for hydroxylation is 2. The van der Waals surface area contributed by atoms with Crippen molar-refractivity contribution >= 4 is 0 Å². The lowest BCUT2D eigenvalue weighted by Crippen LogP contribution is -2.27. The van der Waals surface area contributed by atoms with Crippen molar-refractivity contribution in [3.05, 3.63) is 46.7 Å². The Balaban J connectivity index is 2.08. The van der Waals surface area contributed by atoms with Crippen LogP contribution < -0.4 is 0 Å². The number of furan rings is 1. The zero-order valence-electron chi connectivity index (χ0n) is 13.6. The van der Waals surface area contributed by atoms with Crippen LogP contribution in [0, 0.1) is 19.3 Å². The first kappa shape index (κ1) is 14.5. The van der Waals surface area contributed by atoms with Gasteiger partial charge in [-0.25, -0.2) is 0 Å². The summed E-state index contributed by atoms with van der Waals surface area (Å²) in [5, 5.41) is 10.5. The summed E-state index contributed by atoms with van der Waals surface area (Å²) in [5.74, 6) is 1.92. The highest BCUT2D eigenvalue weighted by Gasteiger charge is 2.35. The predicted octanol–water partition coefficient (Wildman–Crippen LogP) is 4.31. The number of aliphatic hydroxyl groups excluding tert-OH is 1. The molecule has 0 spiro atoms. The van der Waals surface area contributed by atoms with Gasteiger partial charge in [-0.2, -0.15) is 0 Å². The summed E-state index contributed by atoms with van der Waals surface area (Å²) in [6.45, 7) is 10.7. The summed E-state index contributed by atoms with van der Waals surface area (Å²) >= 11 is 0. The number of hydrogen-bond donors (Lipinski definition) is 1. The van der Waals surface area contributed by atoms with Crippen molar-refractivity contribution in [3.8, 4) is 0 Å². The highest BCUT2D eigenvalue weighted by molar-refractivity contribution is 5.35. The monoisotopic (exact) mass is 287 g/mol. The molecule has 2 aromatic heterocycles. The van der Waals surface area contributed by atoms with Crippen molar-refractivity contribution in [2.45, 2.75) is 59.6 Å². The summed E-state index contributed by atoms with van der Waals surface area (Å²) in [6, 6.07) is 6.36. The van der Waals surface area contributed by atoms with E-state index in [0.29, 0.717) is 0 Å². The van der Waals surface area contributed by atoms with Crippen LogP contribution in [0.25, 0.3) is 0 Å². The molecular formula is C18H25NO2. The zero-order chi connectivity index (χ0) is 15.4. The molecule has 0 bridgehead atoms. The van der Waals surface area contributed by atoms with E-state index >= 15 is 0 Å². The molecule has 1 aliphatic rings. The average Bonchev–Trinajstić information content (AvgIpc) is 2.91. The minimum absolute atomic E-state index is 0.133. The molecule has 3 heteroatoms. The smallest absolute Gasteiger partial charge is 0.126 e. The molecule has 2 atom stereocenters. The zero-order valence-corrected chi connectivity index (χ0v) is 13.6. The molecule has 0 aromatic carbocycles. The summed E-state index contributed by atoms with van der Waals surface area (Å²) in [7, 11) is 0. The quantitative estimate of drug-likeness (QED) is 0.893. The second-order valence-electron chi connectivity index (χ2n) is 7.24. The molecule has 0 saturated carbocycles. The van der Waals surface area contributed by atoms with Crippen LogP contribution in [-0.2, 0) is 6.42 Å². The molecule has 0 fully saturated rings. The highest BCUT2D eigenvalue weighted by atomic mass is 16.3. The summed E-state index contributed by atoms with van der Waals surface area (Å²) in [6.07, 6.45) is 1.48. The van der Waals surface area contributed by atoms with Gasteiger partial charge in [0.05, 0.1) is 12.1 Å². The van der Waals surface area contributed by atoms with Crippen LogP contribution in [0.15, 0.2) is 22.6 Å². The first-order valence-corrected chi connectivity index (χ1v) is 7.73. The van der Waals surface area contributed by atoms with Crippen molar-refractivity contribution in [1.29, 1.82) is 0 Å². The fourth-order valence-electron chi connectivity index (χ4n) is 3.71. The summed E-state index contributed by atoms with van der Waals surface area (Å²) in [5.41, 5.74) is 3.69. The van der Waals surface area contributed by atoms with E-state index < -0.39 is 0 Å². The third-order valence-electron chi connectivity index (χ3n) is 4.68. The second-order valence-corrected chi connectivity index (χ2v) is 7.24. The molecule has 114 valence electrons. The Morgan fingerprint density at radius 1 is 1.33 bits per heavy atom. The number of nitrogens with zero attached hydrogens (tertiary/aromatic N) is 1. The van der Waals surface area contributed by atoms with E-state index in [4.69, 9.17) is 4.42 Å². The second kappa shape index (κ2) is 4.77. The van der Waals surface area contributed by atoms with Gasteiger partial charge in [-0.15, -0.1) is 0 Å². The van der Waals surface area contributed by atoms with Crippen molar-refractivity contribution in [2.24, 2.45) is 5.41 Å². The van der Waals surface area contributed by atoms with Crippen LogP contribution in [0.1, 0.15) is 67.8 Å². The molecule has 0 saturated heterocycles. The molecular weight excluding hydrogens is 262 g/mol. The number of rotatable bonds is 2. The van der Waals surface area contributed by atoms with E-state index in [1.165, 1.54) is 11.4 Å². The maximum atomic E-state index is 10.5. The lowest BCUT2D eigenvalue weighted by atomic mass is 9.75. The number of aliphatic hydroxyl groups is 1. The van der Waals surface area contributed by atoms with Gasteiger partial charge in [0.25, 0.3) is 0 Å². The topological polar surface area (TPSA) is 38.3 Å². The van der Waals surface area contributed by atoms with E-state index in [0.717, 1.165) is 29.9 Å². The molecule has 3 rings (SSSR count). The third-order valence-corrected chi connectivity index (χ3v) is 4.68. The van der Waals surface area contributed by atoms with Crippen molar-refractivity contribution < 1.29 is 9.52 Å². The Hall–Kier alpha value is -1.48. The van der Waals surface area contributed by atoms with Crippen LogP contribution in [-0.4, -0.2) is 9.67 Å². The third kappa shape index (κ3) is 2.44. The van der Waals surface area contributed by atoms with E-state index in [9.17, 15) is 5.11 Å². The molecule has 1 aliphatic carbocycles. The van der Waals surface area contributed by atoms with Crippen molar-refractivity contribution in [1.82, 2.24) is 4.57 Å². The first-order chi connectivity index (χ1) is 9.78. The Kier molecular flexibility index (Phi) is 3.28. The average molecular weight is 287 g/mol. The van der Waals surface area contributed by atoms with Gasteiger partial charge >= 0.3 is 0 Å². The lowest BCUT2D eigenvalue weighted by Gasteiger charge is -2.34. The van der Waals surface area contributed by atoms with Gasteiger partial charge in [0.2, 0.25) is 0 Å². The number of fused-ring (bicyclic) bond motifs is 1. The van der Waals surface area contributed by atoms with Crippen LogP contribution in [0.2, 0.25) is 0 Å². The Labute approximate surface area is 126 Å². The Morgan fingerprint density at radius 2 is 2.05 bits per heavy atom. The SMILES string of the molecule is Cc1ccc(C(C)n2c(C)cc3c2CC(C)(C)CC3O)o1. The van der Waals surface area contributed by atoms with Gasteiger partial charge < -0.3 is 14.1 Å². The number of aromatic nitrogens is 1. The molecule has 0 amide bonds. The normalized spacial score (nSPS) is 22.1. The lowest BCUT2D eigenvalue weighted by molar-refractivity contribution is 0.0976.